The fourth-order valence-electron chi connectivity index (χ4n) is 2.05. The fraction of sp³-hybridized carbons (Fsp3) is 0.294. The van der Waals surface area contributed by atoms with Crippen molar-refractivity contribution in [1.82, 2.24) is 4.98 Å². The van der Waals surface area contributed by atoms with E-state index in [9.17, 15) is 9.90 Å². The number of nitrogens with zero attached hydrogens (tertiary/aromatic N) is 1. The van der Waals surface area contributed by atoms with E-state index >= 15 is 0 Å². The smallest absolute Gasteiger partial charge is 0.163 e. The second kappa shape index (κ2) is 8.06. The predicted octanol–water partition coefficient (Wildman–Crippen LogP) is 3.42. The van der Waals surface area contributed by atoms with Gasteiger partial charge >= 0.3 is 0 Å². The summed E-state index contributed by atoms with van der Waals surface area (Å²) in [6, 6.07) is 9.11. The summed E-state index contributed by atoms with van der Waals surface area (Å²) in [5, 5.41) is 10.0. The number of aromatic nitrogens is 1. The number of hydrogen-bond donors (Lipinski definition) is 1. The number of carbonyl (C=O) groups excluding carboxylic acids is 1. The van der Waals surface area contributed by atoms with Crippen molar-refractivity contribution in [3.63, 3.8) is 0 Å². The second-order valence-electron chi connectivity index (χ2n) is 5.06. The Labute approximate surface area is 138 Å². The van der Waals surface area contributed by atoms with Gasteiger partial charge in [-0.25, -0.2) is 0 Å². The lowest BCUT2D eigenvalue weighted by molar-refractivity contribution is 0.0949. The first-order valence-corrected chi connectivity index (χ1v) is 7.86. The van der Waals surface area contributed by atoms with Gasteiger partial charge in [0.2, 0.25) is 0 Å². The van der Waals surface area contributed by atoms with Crippen LogP contribution in [0.25, 0.3) is 0 Å². The molecule has 1 N–H and O–H groups in total. The minimum absolute atomic E-state index is 0.0684. The van der Waals surface area contributed by atoms with E-state index in [1.54, 1.807) is 24.5 Å². The average Bonchev–Trinajstić information content (AvgIpc) is 2.52. The number of benzene rings is 1. The molecule has 2 aromatic rings. The third kappa shape index (κ3) is 4.93. The van der Waals surface area contributed by atoms with Crippen LogP contribution in [0.15, 0.2) is 47.2 Å². The van der Waals surface area contributed by atoms with Crippen LogP contribution >= 0.6 is 15.9 Å². The topological polar surface area (TPSA) is 59.4 Å². The van der Waals surface area contributed by atoms with Crippen molar-refractivity contribution in [3.8, 4) is 5.75 Å². The van der Waals surface area contributed by atoms with Crippen LogP contribution in [0.4, 0.5) is 0 Å². The molecule has 0 aliphatic rings. The molecule has 0 bridgehead atoms. The number of pyridine rings is 1. The highest BCUT2D eigenvalue weighted by atomic mass is 79.9. The fourth-order valence-corrected chi connectivity index (χ4v) is 2.41. The number of aliphatic hydroxyl groups is 1. The molecule has 1 unspecified atom stereocenters. The maximum absolute atomic E-state index is 11.6. The van der Waals surface area contributed by atoms with Crippen LogP contribution in [0.5, 0.6) is 5.75 Å². The standard InChI is InChI=1S/C17H18BrNO3/c1-12(20)16-9-14(18)5-7-17(16)22-11-15(21)6-4-13-3-2-8-19-10-13/h2-3,5,7-10,15,21H,4,6,11H2,1H3. The Morgan fingerprint density at radius 3 is 2.91 bits per heavy atom. The molecule has 1 atom stereocenters. The van der Waals surface area contributed by atoms with Crippen LogP contribution in [0.2, 0.25) is 0 Å². The highest BCUT2D eigenvalue weighted by Gasteiger charge is 2.12. The first kappa shape index (κ1) is 16.6. The van der Waals surface area contributed by atoms with Crippen LogP contribution in [-0.2, 0) is 6.42 Å². The zero-order valence-electron chi connectivity index (χ0n) is 12.3. The van der Waals surface area contributed by atoms with Gasteiger partial charge in [0.15, 0.2) is 5.78 Å². The van der Waals surface area contributed by atoms with Crippen LogP contribution in [0.1, 0.15) is 29.3 Å². The molecule has 1 heterocycles. The number of halogens is 1. The number of ether oxygens (including phenoxy) is 1. The lowest BCUT2D eigenvalue weighted by atomic mass is 10.1. The van der Waals surface area contributed by atoms with Crippen molar-refractivity contribution in [1.29, 1.82) is 0 Å². The van der Waals surface area contributed by atoms with E-state index in [1.165, 1.54) is 6.92 Å². The van der Waals surface area contributed by atoms with Gasteiger partial charge in [-0.1, -0.05) is 22.0 Å². The predicted molar refractivity (Wildman–Crippen MR) is 88.2 cm³/mol. The Morgan fingerprint density at radius 2 is 2.23 bits per heavy atom. The summed E-state index contributed by atoms with van der Waals surface area (Å²) in [5.41, 5.74) is 1.59. The van der Waals surface area contributed by atoms with Crippen molar-refractivity contribution in [2.45, 2.75) is 25.9 Å². The van der Waals surface area contributed by atoms with Gasteiger partial charge < -0.3 is 9.84 Å². The van der Waals surface area contributed by atoms with Crippen molar-refractivity contribution in [3.05, 3.63) is 58.3 Å². The van der Waals surface area contributed by atoms with Crippen molar-refractivity contribution in [2.24, 2.45) is 0 Å². The van der Waals surface area contributed by atoms with E-state index in [1.807, 2.05) is 18.2 Å². The largest absolute Gasteiger partial charge is 0.490 e. The van der Waals surface area contributed by atoms with Crippen LogP contribution in [0, 0.1) is 0 Å². The van der Waals surface area contributed by atoms with Gasteiger partial charge in [-0.2, -0.15) is 0 Å². The highest BCUT2D eigenvalue weighted by Crippen LogP contribution is 2.24. The van der Waals surface area contributed by atoms with Crippen LogP contribution < -0.4 is 4.74 Å². The Hall–Kier alpha value is -1.72. The summed E-state index contributed by atoms with van der Waals surface area (Å²) in [4.78, 5) is 15.6. The molecular weight excluding hydrogens is 346 g/mol. The molecule has 1 aromatic carbocycles. The third-order valence-corrected chi connectivity index (χ3v) is 3.73. The molecule has 0 aliphatic carbocycles. The van der Waals surface area contributed by atoms with Gasteiger partial charge in [0.25, 0.3) is 0 Å². The quantitative estimate of drug-likeness (QED) is 0.765. The molecule has 2 rings (SSSR count). The Kier molecular flexibility index (Phi) is 6.10. The Morgan fingerprint density at radius 1 is 1.41 bits per heavy atom. The van der Waals surface area contributed by atoms with Gasteiger partial charge in [0.1, 0.15) is 12.4 Å². The molecule has 1 aromatic heterocycles. The van der Waals surface area contributed by atoms with Crippen molar-refractivity contribution < 1.29 is 14.6 Å². The lowest BCUT2D eigenvalue weighted by Gasteiger charge is -2.14. The SMILES string of the molecule is CC(=O)c1cc(Br)ccc1OCC(O)CCc1cccnc1. The molecular formula is C17H18BrNO3. The Balaban J connectivity index is 1.88. The number of carbonyl (C=O) groups is 1. The normalized spacial score (nSPS) is 12.0. The average molecular weight is 364 g/mol. The van der Waals surface area contributed by atoms with Gasteiger partial charge in [-0.05, 0) is 49.6 Å². The molecule has 0 fully saturated rings. The lowest BCUT2D eigenvalue weighted by Crippen LogP contribution is -2.19. The Bertz CT molecular complexity index is 631. The van der Waals surface area contributed by atoms with Gasteiger partial charge in [-0.15, -0.1) is 0 Å². The van der Waals surface area contributed by atoms with E-state index in [-0.39, 0.29) is 12.4 Å². The second-order valence-corrected chi connectivity index (χ2v) is 5.98. The number of rotatable bonds is 7. The number of Topliss-reactive ketones (excluding diaryl/α,β-unsaturated/α-hetero) is 1. The van der Waals surface area contributed by atoms with Crippen molar-refractivity contribution >= 4 is 21.7 Å². The zero-order chi connectivity index (χ0) is 15.9. The summed E-state index contributed by atoms with van der Waals surface area (Å²) in [6.07, 6.45) is 4.23. The van der Waals surface area contributed by atoms with E-state index in [0.29, 0.717) is 17.7 Å². The molecule has 116 valence electrons. The van der Waals surface area contributed by atoms with Gasteiger partial charge in [0.05, 0.1) is 11.7 Å². The van der Waals surface area contributed by atoms with Crippen molar-refractivity contribution in [2.75, 3.05) is 6.61 Å². The molecule has 5 heteroatoms. The van der Waals surface area contributed by atoms with E-state index in [0.717, 1.165) is 16.5 Å². The van der Waals surface area contributed by atoms with E-state index in [4.69, 9.17) is 4.74 Å². The number of aryl methyl sites for hydroxylation is 1. The molecule has 22 heavy (non-hydrogen) atoms. The molecule has 0 aliphatic heterocycles. The monoisotopic (exact) mass is 363 g/mol. The van der Waals surface area contributed by atoms with Crippen LogP contribution in [0.3, 0.4) is 0 Å². The molecule has 0 radical (unpaired) electrons. The minimum Gasteiger partial charge on any atom is -0.490 e. The molecule has 0 saturated carbocycles. The first-order chi connectivity index (χ1) is 10.6. The first-order valence-electron chi connectivity index (χ1n) is 7.06. The molecule has 0 saturated heterocycles. The molecule has 0 amide bonds. The third-order valence-electron chi connectivity index (χ3n) is 3.24. The van der Waals surface area contributed by atoms with Gasteiger partial charge in [-0.3, -0.25) is 9.78 Å². The van der Waals surface area contributed by atoms with E-state index in [2.05, 4.69) is 20.9 Å². The maximum atomic E-state index is 11.6. The van der Waals surface area contributed by atoms with Crippen LogP contribution in [-0.4, -0.2) is 28.6 Å². The number of ketones is 1. The molecule has 4 nitrogen and oxygen atoms in total. The number of aliphatic hydroxyl groups excluding tert-OH is 1. The molecule has 0 spiro atoms. The summed E-state index contributed by atoms with van der Waals surface area (Å²) >= 11 is 3.33. The summed E-state index contributed by atoms with van der Waals surface area (Å²) in [5.74, 6) is 0.428. The summed E-state index contributed by atoms with van der Waals surface area (Å²) in [7, 11) is 0. The van der Waals surface area contributed by atoms with E-state index < -0.39 is 6.10 Å². The summed E-state index contributed by atoms with van der Waals surface area (Å²) in [6.45, 7) is 1.65. The van der Waals surface area contributed by atoms with Gasteiger partial charge in [0, 0.05) is 16.9 Å². The number of hydrogen-bond acceptors (Lipinski definition) is 4. The highest BCUT2D eigenvalue weighted by molar-refractivity contribution is 9.10. The zero-order valence-corrected chi connectivity index (χ0v) is 13.9. The summed E-state index contributed by atoms with van der Waals surface area (Å²) < 4.78 is 6.42. The maximum Gasteiger partial charge on any atom is 0.163 e. The minimum atomic E-state index is -0.594.